The maximum Gasteiger partial charge on any atom is 0.413 e. The third-order valence-electron chi connectivity index (χ3n) is 1.95. The molecule has 0 unspecified atom stereocenters. The minimum Gasteiger partial charge on any atom is -0.461 e. The first-order chi connectivity index (χ1) is 9.96. The zero-order valence-electron chi connectivity index (χ0n) is 11.4. The molecule has 0 aliphatic carbocycles. The van der Waals surface area contributed by atoms with E-state index >= 15 is 0 Å². The summed E-state index contributed by atoms with van der Waals surface area (Å²) in [7, 11) is 0. The summed E-state index contributed by atoms with van der Waals surface area (Å²) in [5, 5.41) is 4.52. The summed E-state index contributed by atoms with van der Waals surface area (Å²) < 4.78 is 9.36. The van der Waals surface area contributed by atoms with Crippen LogP contribution in [-0.2, 0) is 9.47 Å². The van der Waals surface area contributed by atoms with Gasteiger partial charge in [-0.3, -0.25) is 15.1 Å². The Morgan fingerprint density at radius 1 is 1.33 bits per heavy atom. The highest BCUT2D eigenvalue weighted by atomic mass is 32.1. The number of nitrogens with zero attached hydrogens (tertiary/aromatic N) is 1. The van der Waals surface area contributed by atoms with Crippen LogP contribution in [0.4, 0.5) is 10.7 Å². The molecule has 21 heavy (non-hydrogen) atoms. The number of anilines is 1. The third kappa shape index (κ3) is 5.57. The van der Waals surface area contributed by atoms with E-state index in [0.717, 1.165) is 6.07 Å². The van der Waals surface area contributed by atoms with E-state index in [-0.39, 0.29) is 30.0 Å². The van der Waals surface area contributed by atoms with Gasteiger partial charge in [0.05, 0.1) is 13.2 Å². The van der Waals surface area contributed by atoms with Gasteiger partial charge in [0.15, 0.2) is 10.8 Å². The number of esters is 1. The van der Waals surface area contributed by atoms with Crippen LogP contribution in [0.25, 0.3) is 0 Å². The molecule has 0 spiro atoms. The van der Waals surface area contributed by atoms with Gasteiger partial charge in [-0.1, -0.05) is 0 Å². The Bertz CT molecular complexity index is 601. The predicted octanol–water partition coefficient (Wildman–Crippen LogP) is 0.390. The summed E-state index contributed by atoms with van der Waals surface area (Å²) >= 11 is 4.83. The zero-order chi connectivity index (χ0) is 15.8. The van der Waals surface area contributed by atoms with E-state index in [1.165, 1.54) is 0 Å². The lowest BCUT2D eigenvalue weighted by Gasteiger charge is -2.09. The molecular weight excluding hydrogens is 300 g/mol. The maximum atomic E-state index is 11.5. The van der Waals surface area contributed by atoms with Gasteiger partial charge in [0.2, 0.25) is 5.95 Å². The molecule has 0 aromatic carbocycles. The van der Waals surface area contributed by atoms with Crippen molar-refractivity contribution in [3.05, 3.63) is 22.1 Å². The standard InChI is InChI=1S/C11H14N4O5S/c1-3-19-8(17)6-5-7(16)13-9(12-6)14-10(21)15-11(18)20-4-2/h5H,3-4H2,1-2H3,(H3,12,13,14,15,16,18,21). The number of rotatable bonds is 4. The van der Waals surface area contributed by atoms with Crippen LogP contribution < -0.4 is 16.2 Å². The van der Waals surface area contributed by atoms with E-state index in [1.54, 1.807) is 13.8 Å². The summed E-state index contributed by atoms with van der Waals surface area (Å²) in [6.45, 7) is 3.60. The first-order valence-corrected chi connectivity index (χ1v) is 6.40. The largest absolute Gasteiger partial charge is 0.461 e. The van der Waals surface area contributed by atoms with Crippen LogP contribution in [0.5, 0.6) is 0 Å². The number of carbonyl (C=O) groups excluding carboxylic acids is 2. The van der Waals surface area contributed by atoms with Crippen molar-refractivity contribution in [2.75, 3.05) is 18.5 Å². The number of hydrogen-bond acceptors (Lipinski definition) is 7. The van der Waals surface area contributed by atoms with Crippen molar-refractivity contribution in [3.63, 3.8) is 0 Å². The van der Waals surface area contributed by atoms with Gasteiger partial charge in [-0.2, -0.15) is 0 Å². The van der Waals surface area contributed by atoms with Gasteiger partial charge in [0.1, 0.15) is 0 Å². The average molecular weight is 314 g/mol. The number of H-pyrrole nitrogens is 1. The van der Waals surface area contributed by atoms with Crippen molar-refractivity contribution < 1.29 is 19.1 Å². The number of alkyl carbamates (subject to hydrolysis) is 1. The van der Waals surface area contributed by atoms with Crippen LogP contribution in [0, 0.1) is 0 Å². The number of aromatic nitrogens is 2. The molecule has 9 nitrogen and oxygen atoms in total. The number of ether oxygens (including phenoxy) is 2. The quantitative estimate of drug-likeness (QED) is 0.539. The number of nitrogens with one attached hydrogen (secondary N) is 3. The van der Waals surface area contributed by atoms with Crippen LogP contribution in [0.3, 0.4) is 0 Å². The van der Waals surface area contributed by atoms with Gasteiger partial charge < -0.3 is 14.8 Å². The number of carbonyl (C=O) groups is 2. The number of hydrogen-bond donors (Lipinski definition) is 3. The zero-order valence-corrected chi connectivity index (χ0v) is 12.2. The Morgan fingerprint density at radius 2 is 2.00 bits per heavy atom. The third-order valence-corrected chi connectivity index (χ3v) is 2.15. The van der Waals surface area contributed by atoms with E-state index < -0.39 is 17.6 Å². The van der Waals surface area contributed by atoms with Crippen LogP contribution in [0.1, 0.15) is 24.3 Å². The molecule has 10 heteroatoms. The van der Waals surface area contributed by atoms with Crippen LogP contribution >= 0.6 is 12.2 Å². The van der Waals surface area contributed by atoms with Gasteiger partial charge in [0, 0.05) is 6.07 Å². The van der Waals surface area contributed by atoms with Gasteiger partial charge in [0.25, 0.3) is 5.56 Å². The van der Waals surface area contributed by atoms with Crippen molar-refractivity contribution >= 4 is 35.3 Å². The Balaban J connectivity index is 2.79. The molecule has 1 amide bonds. The molecule has 0 bridgehead atoms. The highest BCUT2D eigenvalue weighted by Crippen LogP contribution is 2.00. The number of thiocarbonyl (C=S) groups is 1. The van der Waals surface area contributed by atoms with Crippen molar-refractivity contribution in [1.82, 2.24) is 15.3 Å². The molecule has 0 atom stereocenters. The van der Waals surface area contributed by atoms with Crippen molar-refractivity contribution in [2.45, 2.75) is 13.8 Å². The lowest BCUT2D eigenvalue weighted by Crippen LogP contribution is -2.35. The van der Waals surface area contributed by atoms with Gasteiger partial charge in [-0.15, -0.1) is 0 Å². The van der Waals surface area contributed by atoms with Gasteiger partial charge in [-0.05, 0) is 26.1 Å². The van der Waals surface area contributed by atoms with E-state index in [0.29, 0.717) is 0 Å². The molecule has 3 N–H and O–H groups in total. The number of aromatic amines is 1. The second kappa shape index (κ2) is 7.94. The number of amides is 1. The van der Waals surface area contributed by atoms with E-state index in [9.17, 15) is 14.4 Å². The fourth-order valence-corrected chi connectivity index (χ4v) is 1.41. The average Bonchev–Trinajstić information content (AvgIpc) is 2.38. The maximum absolute atomic E-state index is 11.5. The molecule has 1 heterocycles. The monoisotopic (exact) mass is 314 g/mol. The smallest absolute Gasteiger partial charge is 0.413 e. The Hall–Kier alpha value is -2.49. The van der Waals surface area contributed by atoms with Gasteiger partial charge in [-0.25, -0.2) is 14.6 Å². The summed E-state index contributed by atoms with van der Waals surface area (Å²) in [6, 6.07) is 0.991. The molecule has 114 valence electrons. The fraction of sp³-hybridized carbons (Fsp3) is 0.364. The Labute approximate surface area is 125 Å². The molecule has 0 fully saturated rings. The SMILES string of the molecule is CCOC(=O)NC(=S)Nc1nc(C(=O)OCC)cc(=O)[nH]1. The Morgan fingerprint density at radius 3 is 2.62 bits per heavy atom. The molecule has 1 aromatic heterocycles. The molecule has 0 radical (unpaired) electrons. The van der Waals surface area contributed by atoms with E-state index in [2.05, 4.69) is 25.3 Å². The minimum absolute atomic E-state index is 0.104. The lowest BCUT2D eigenvalue weighted by atomic mass is 10.4. The lowest BCUT2D eigenvalue weighted by molar-refractivity contribution is 0.0519. The molecule has 1 rings (SSSR count). The first-order valence-electron chi connectivity index (χ1n) is 5.99. The second-order valence-corrected chi connectivity index (χ2v) is 3.91. The molecule has 1 aromatic rings. The van der Waals surface area contributed by atoms with E-state index in [4.69, 9.17) is 17.0 Å². The van der Waals surface area contributed by atoms with Crippen molar-refractivity contribution in [1.29, 1.82) is 0 Å². The summed E-state index contributed by atoms with van der Waals surface area (Å²) in [5.74, 6) is -0.844. The molecule has 0 saturated carbocycles. The topological polar surface area (TPSA) is 122 Å². The molecule has 0 aliphatic rings. The highest BCUT2D eigenvalue weighted by Gasteiger charge is 2.12. The second-order valence-electron chi connectivity index (χ2n) is 3.50. The normalized spacial score (nSPS) is 9.62. The van der Waals surface area contributed by atoms with Crippen LogP contribution in [0.2, 0.25) is 0 Å². The predicted molar refractivity (Wildman–Crippen MR) is 77.2 cm³/mol. The van der Waals surface area contributed by atoms with Crippen molar-refractivity contribution in [2.24, 2.45) is 0 Å². The molecule has 0 aliphatic heterocycles. The van der Waals surface area contributed by atoms with Crippen LogP contribution in [0.15, 0.2) is 10.9 Å². The first kappa shape index (κ1) is 16.6. The summed E-state index contributed by atoms with van der Waals surface area (Å²) in [5.41, 5.74) is -0.753. The van der Waals surface area contributed by atoms with Gasteiger partial charge >= 0.3 is 12.1 Å². The van der Waals surface area contributed by atoms with Crippen LogP contribution in [-0.4, -0.2) is 40.4 Å². The molecule has 0 saturated heterocycles. The van der Waals surface area contributed by atoms with Crippen molar-refractivity contribution in [3.8, 4) is 0 Å². The minimum atomic E-state index is -0.751. The fourth-order valence-electron chi connectivity index (χ4n) is 1.23. The summed E-state index contributed by atoms with van der Waals surface area (Å²) in [4.78, 5) is 40.2. The molecular formula is C11H14N4O5S. The Kier molecular flexibility index (Phi) is 6.27. The summed E-state index contributed by atoms with van der Waals surface area (Å²) in [6.07, 6.45) is -0.751. The van der Waals surface area contributed by atoms with E-state index in [1.807, 2.05) is 0 Å². The highest BCUT2D eigenvalue weighted by molar-refractivity contribution is 7.80.